The number of ether oxygens (including phenoxy) is 1. The maximum absolute atomic E-state index is 12.2. The molecular formula is C18H18NO4-. The first-order chi connectivity index (χ1) is 11.1. The summed E-state index contributed by atoms with van der Waals surface area (Å²) in [5.41, 5.74) is 1.78. The van der Waals surface area contributed by atoms with Crippen LogP contribution < -0.4 is 5.11 Å². The van der Waals surface area contributed by atoms with Crippen molar-refractivity contribution in [3.05, 3.63) is 71.8 Å². The fraction of sp³-hybridized carbons (Fsp3) is 0.222. The van der Waals surface area contributed by atoms with Gasteiger partial charge in [0.15, 0.2) is 0 Å². The van der Waals surface area contributed by atoms with Crippen molar-refractivity contribution >= 4 is 12.1 Å². The van der Waals surface area contributed by atoms with E-state index in [9.17, 15) is 14.7 Å². The summed E-state index contributed by atoms with van der Waals surface area (Å²) in [5.74, 6) is -1.20. The van der Waals surface area contributed by atoms with Crippen LogP contribution in [-0.4, -0.2) is 23.5 Å². The summed E-state index contributed by atoms with van der Waals surface area (Å²) in [7, 11) is 0. The number of amides is 1. The topological polar surface area (TPSA) is 69.7 Å². The van der Waals surface area contributed by atoms with Gasteiger partial charge in [0.1, 0.15) is 6.61 Å². The molecule has 2 aromatic rings. The number of benzene rings is 2. The zero-order chi connectivity index (χ0) is 16.5. The van der Waals surface area contributed by atoms with E-state index < -0.39 is 12.1 Å². The molecule has 0 fully saturated rings. The molecule has 23 heavy (non-hydrogen) atoms. The molecule has 0 aliphatic rings. The predicted molar refractivity (Wildman–Crippen MR) is 83.1 cm³/mol. The van der Waals surface area contributed by atoms with Gasteiger partial charge < -0.3 is 19.5 Å². The molecule has 0 aromatic heterocycles. The standard InChI is InChI=1S/C18H19NO4/c20-17(21)11-12-19(13-15-7-3-1-4-8-15)18(22)23-14-16-9-5-2-6-10-16/h1-10H,11-14H2,(H,20,21)/p-1. The minimum absolute atomic E-state index is 0.0465. The summed E-state index contributed by atoms with van der Waals surface area (Å²) in [6.45, 7) is 0.489. The monoisotopic (exact) mass is 312 g/mol. The van der Waals surface area contributed by atoms with Crippen LogP contribution in [0.25, 0.3) is 0 Å². The van der Waals surface area contributed by atoms with Crippen LogP contribution in [0.4, 0.5) is 4.79 Å². The van der Waals surface area contributed by atoms with Gasteiger partial charge in [0, 0.05) is 25.5 Å². The Labute approximate surface area is 135 Å². The van der Waals surface area contributed by atoms with Gasteiger partial charge in [-0.25, -0.2) is 4.79 Å². The van der Waals surface area contributed by atoms with Crippen molar-refractivity contribution in [2.75, 3.05) is 6.54 Å². The second-order valence-electron chi connectivity index (χ2n) is 5.07. The molecule has 1 amide bonds. The quantitative estimate of drug-likeness (QED) is 0.783. The Balaban J connectivity index is 1.97. The summed E-state index contributed by atoms with van der Waals surface area (Å²) in [4.78, 5) is 24.3. The average Bonchev–Trinajstić information content (AvgIpc) is 2.58. The molecule has 0 spiro atoms. The lowest BCUT2D eigenvalue weighted by molar-refractivity contribution is -0.305. The van der Waals surface area contributed by atoms with Crippen molar-refractivity contribution in [3.63, 3.8) is 0 Å². The summed E-state index contributed by atoms with van der Waals surface area (Å²) in [6, 6.07) is 18.7. The highest BCUT2D eigenvalue weighted by Gasteiger charge is 2.15. The molecule has 0 saturated heterocycles. The van der Waals surface area contributed by atoms with Gasteiger partial charge in [-0.15, -0.1) is 0 Å². The van der Waals surface area contributed by atoms with E-state index in [0.717, 1.165) is 11.1 Å². The van der Waals surface area contributed by atoms with Crippen LogP contribution in [0, 0.1) is 0 Å². The summed E-state index contributed by atoms with van der Waals surface area (Å²) < 4.78 is 5.27. The van der Waals surface area contributed by atoms with Crippen molar-refractivity contribution in [1.29, 1.82) is 0 Å². The van der Waals surface area contributed by atoms with Crippen molar-refractivity contribution in [2.24, 2.45) is 0 Å². The number of hydrogen-bond donors (Lipinski definition) is 0. The van der Waals surface area contributed by atoms with E-state index in [0.29, 0.717) is 6.54 Å². The van der Waals surface area contributed by atoms with Gasteiger partial charge in [0.2, 0.25) is 0 Å². The molecule has 120 valence electrons. The number of rotatable bonds is 7. The summed E-state index contributed by atoms with van der Waals surface area (Å²) >= 11 is 0. The molecule has 0 unspecified atom stereocenters. The van der Waals surface area contributed by atoms with Gasteiger partial charge in [-0.05, 0) is 11.1 Å². The van der Waals surface area contributed by atoms with E-state index in [2.05, 4.69) is 0 Å². The Morgan fingerprint density at radius 1 is 0.913 bits per heavy atom. The molecule has 0 radical (unpaired) electrons. The van der Waals surface area contributed by atoms with Crippen LogP contribution in [0.3, 0.4) is 0 Å². The highest BCUT2D eigenvalue weighted by molar-refractivity contribution is 5.69. The third-order valence-electron chi connectivity index (χ3n) is 3.27. The third-order valence-corrected chi connectivity index (χ3v) is 3.27. The van der Waals surface area contributed by atoms with Crippen LogP contribution in [-0.2, 0) is 22.7 Å². The maximum Gasteiger partial charge on any atom is 0.410 e. The Morgan fingerprint density at radius 3 is 2.04 bits per heavy atom. The number of hydrogen-bond acceptors (Lipinski definition) is 4. The average molecular weight is 312 g/mol. The Hall–Kier alpha value is -2.82. The van der Waals surface area contributed by atoms with Crippen molar-refractivity contribution in [3.8, 4) is 0 Å². The molecule has 0 aliphatic carbocycles. The molecule has 5 heteroatoms. The van der Waals surface area contributed by atoms with Gasteiger partial charge in [-0.2, -0.15) is 0 Å². The van der Waals surface area contributed by atoms with E-state index in [1.54, 1.807) is 0 Å². The fourth-order valence-electron chi connectivity index (χ4n) is 2.08. The SMILES string of the molecule is O=C([O-])CCN(Cc1ccccc1)C(=O)OCc1ccccc1. The van der Waals surface area contributed by atoms with Gasteiger partial charge in [-0.1, -0.05) is 60.7 Å². The molecule has 0 bridgehead atoms. The van der Waals surface area contributed by atoms with E-state index >= 15 is 0 Å². The first-order valence-electron chi connectivity index (χ1n) is 7.34. The van der Waals surface area contributed by atoms with Gasteiger partial charge in [-0.3, -0.25) is 0 Å². The van der Waals surface area contributed by atoms with Crippen LogP contribution in [0.2, 0.25) is 0 Å². The first kappa shape index (κ1) is 16.5. The molecular weight excluding hydrogens is 294 g/mol. The van der Waals surface area contributed by atoms with Crippen molar-refractivity contribution in [1.82, 2.24) is 4.90 Å². The van der Waals surface area contributed by atoms with E-state index in [-0.39, 0.29) is 19.6 Å². The predicted octanol–water partition coefficient (Wildman–Crippen LogP) is 1.97. The Morgan fingerprint density at radius 2 is 1.48 bits per heavy atom. The van der Waals surface area contributed by atoms with E-state index in [1.165, 1.54) is 4.90 Å². The van der Waals surface area contributed by atoms with Gasteiger partial charge in [0.25, 0.3) is 0 Å². The van der Waals surface area contributed by atoms with E-state index in [4.69, 9.17) is 4.74 Å². The van der Waals surface area contributed by atoms with E-state index in [1.807, 2.05) is 60.7 Å². The molecule has 5 nitrogen and oxygen atoms in total. The zero-order valence-electron chi connectivity index (χ0n) is 12.7. The Kier molecular flexibility index (Phi) is 6.17. The zero-order valence-corrected chi connectivity index (χ0v) is 12.7. The fourth-order valence-corrected chi connectivity index (χ4v) is 2.08. The highest BCUT2D eigenvalue weighted by atomic mass is 16.6. The number of carboxylic acid groups (broad SMARTS) is 1. The number of carbonyl (C=O) groups is 2. The second kappa shape index (κ2) is 8.58. The molecule has 0 saturated carbocycles. The van der Waals surface area contributed by atoms with Gasteiger partial charge in [0.05, 0.1) is 0 Å². The lowest BCUT2D eigenvalue weighted by Crippen LogP contribution is -2.35. The first-order valence-corrected chi connectivity index (χ1v) is 7.34. The molecule has 2 rings (SSSR count). The third kappa shape index (κ3) is 5.82. The number of aliphatic carboxylic acids is 1. The molecule has 0 N–H and O–H groups in total. The lowest BCUT2D eigenvalue weighted by atomic mass is 10.2. The highest BCUT2D eigenvalue weighted by Crippen LogP contribution is 2.09. The normalized spacial score (nSPS) is 10.1. The number of carboxylic acids is 1. The molecule has 0 aliphatic heterocycles. The smallest absolute Gasteiger partial charge is 0.410 e. The molecule has 2 aromatic carbocycles. The minimum Gasteiger partial charge on any atom is -0.550 e. The maximum atomic E-state index is 12.2. The van der Waals surface area contributed by atoms with Crippen LogP contribution in [0.1, 0.15) is 17.5 Å². The van der Waals surface area contributed by atoms with Gasteiger partial charge >= 0.3 is 6.09 Å². The van der Waals surface area contributed by atoms with Crippen molar-refractivity contribution in [2.45, 2.75) is 19.6 Å². The summed E-state index contributed by atoms with van der Waals surface area (Å²) in [6.07, 6.45) is -0.772. The second-order valence-corrected chi connectivity index (χ2v) is 5.07. The minimum atomic E-state index is -1.20. The largest absolute Gasteiger partial charge is 0.550 e. The lowest BCUT2D eigenvalue weighted by Gasteiger charge is -2.22. The van der Waals surface area contributed by atoms with Crippen LogP contribution >= 0.6 is 0 Å². The van der Waals surface area contributed by atoms with Crippen molar-refractivity contribution < 1.29 is 19.4 Å². The Bertz CT molecular complexity index is 628. The molecule has 0 atom stereocenters. The number of nitrogens with zero attached hydrogens (tertiary/aromatic N) is 1. The van der Waals surface area contributed by atoms with Crippen LogP contribution in [0.5, 0.6) is 0 Å². The molecule has 0 heterocycles. The number of carbonyl (C=O) groups excluding carboxylic acids is 2. The van der Waals surface area contributed by atoms with Crippen LogP contribution in [0.15, 0.2) is 60.7 Å². The summed E-state index contributed by atoms with van der Waals surface area (Å²) in [5, 5.41) is 10.7.